The van der Waals surface area contributed by atoms with Crippen LogP contribution >= 0.6 is 0 Å². The van der Waals surface area contributed by atoms with Crippen molar-refractivity contribution < 1.29 is 17.6 Å². The summed E-state index contributed by atoms with van der Waals surface area (Å²) in [5.41, 5.74) is 1.23. The van der Waals surface area contributed by atoms with E-state index in [2.05, 4.69) is 16.1 Å². The molecule has 0 spiro atoms. The SMILES string of the molecule is Cc1ccc(NC(=O)C[C@@H]2C=CCC2)cc1S(=O)(=O)Nc1ccc(F)cc1. The van der Waals surface area contributed by atoms with Crippen molar-refractivity contribution in [3.8, 4) is 0 Å². The summed E-state index contributed by atoms with van der Waals surface area (Å²) in [6.45, 7) is 1.67. The van der Waals surface area contributed by atoms with Crippen LogP contribution in [0.25, 0.3) is 0 Å². The molecule has 7 heteroatoms. The molecule has 0 aliphatic heterocycles. The van der Waals surface area contributed by atoms with Crippen LogP contribution in [0.5, 0.6) is 0 Å². The van der Waals surface area contributed by atoms with Crippen LogP contribution in [-0.4, -0.2) is 14.3 Å². The van der Waals surface area contributed by atoms with E-state index in [1.807, 2.05) is 6.08 Å². The monoisotopic (exact) mass is 388 g/mol. The lowest BCUT2D eigenvalue weighted by atomic mass is 10.1. The van der Waals surface area contributed by atoms with Crippen molar-refractivity contribution in [1.82, 2.24) is 0 Å². The summed E-state index contributed by atoms with van der Waals surface area (Å²) in [7, 11) is -3.87. The molecule has 0 saturated heterocycles. The predicted molar refractivity (Wildman–Crippen MR) is 103 cm³/mol. The normalized spacial score (nSPS) is 16.3. The molecule has 3 rings (SSSR count). The Morgan fingerprint density at radius 2 is 1.85 bits per heavy atom. The van der Waals surface area contributed by atoms with Crippen LogP contribution in [0.2, 0.25) is 0 Å². The number of aryl methyl sites for hydroxylation is 1. The molecule has 0 bridgehead atoms. The molecule has 1 aliphatic carbocycles. The van der Waals surface area contributed by atoms with Gasteiger partial charge in [0.15, 0.2) is 0 Å². The molecule has 1 atom stereocenters. The van der Waals surface area contributed by atoms with Gasteiger partial charge >= 0.3 is 0 Å². The molecular weight excluding hydrogens is 367 g/mol. The summed E-state index contributed by atoms with van der Waals surface area (Å²) in [5.74, 6) is -0.361. The van der Waals surface area contributed by atoms with Crippen molar-refractivity contribution >= 4 is 27.3 Å². The van der Waals surface area contributed by atoms with E-state index in [4.69, 9.17) is 0 Å². The van der Waals surface area contributed by atoms with Gasteiger partial charge in [-0.15, -0.1) is 0 Å². The fourth-order valence-corrected chi connectivity index (χ4v) is 4.34. The predicted octanol–water partition coefficient (Wildman–Crippen LogP) is 4.23. The molecule has 0 aromatic heterocycles. The third-order valence-corrected chi connectivity index (χ3v) is 5.94. The first-order chi connectivity index (χ1) is 12.8. The Balaban J connectivity index is 1.76. The fourth-order valence-electron chi connectivity index (χ4n) is 3.01. The number of hydrogen-bond acceptors (Lipinski definition) is 3. The van der Waals surface area contributed by atoms with Gasteiger partial charge in [0.25, 0.3) is 10.0 Å². The number of nitrogens with one attached hydrogen (secondary N) is 2. The van der Waals surface area contributed by atoms with E-state index in [9.17, 15) is 17.6 Å². The lowest BCUT2D eigenvalue weighted by Gasteiger charge is -2.13. The second-order valence-corrected chi connectivity index (χ2v) is 8.26. The van der Waals surface area contributed by atoms with E-state index in [-0.39, 0.29) is 22.4 Å². The van der Waals surface area contributed by atoms with Gasteiger partial charge < -0.3 is 5.32 Å². The highest BCUT2D eigenvalue weighted by molar-refractivity contribution is 7.92. The number of sulfonamides is 1. The number of carbonyl (C=O) groups is 1. The Kier molecular flexibility index (Phi) is 5.60. The number of hydrogen-bond donors (Lipinski definition) is 2. The van der Waals surface area contributed by atoms with Crippen LogP contribution in [0, 0.1) is 18.7 Å². The van der Waals surface area contributed by atoms with Gasteiger partial charge in [0.2, 0.25) is 5.91 Å². The van der Waals surface area contributed by atoms with Crippen LogP contribution in [0.3, 0.4) is 0 Å². The summed E-state index contributed by atoms with van der Waals surface area (Å²) in [6.07, 6.45) is 6.43. The van der Waals surface area contributed by atoms with E-state index >= 15 is 0 Å². The summed E-state index contributed by atoms with van der Waals surface area (Å²) in [4.78, 5) is 12.3. The van der Waals surface area contributed by atoms with E-state index < -0.39 is 15.8 Å². The van der Waals surface area contributed by atoms with Crippen LogP contribution < -0.4 is 10.0 Å². The molecule has 0 heterocycles. The Bertz CT molecular complexity index is 969. The van der Waals surface area contributed by atoms with Crippen LogP contribution in [0.15, 0.2) is 59.5 Å². The fraction of sp³-hybridized carbons (Fsp3) is 0.250. The first-order valence-corrected chi connectivity index (χ1v) is 10.2. The Labute approximate surface area is 158 Å². The minimum absolute atomic E-state index is 0.0605. The number of anilines is 2. The van der Waals surface area contributed by atoms with E-state index in [1.54, 1.807) is 19.1 Å². The van der Waals surface area contributed by atoms with Crippen molar-refractivity contribution in [3.63, 3.8) is 0 Å². The number of benzene rings is 2. The molecule has 0 radical (unpaired) electrons. The van der Waals surface area contributed by atoms with Gasteiger partial charge in [-0.05, 0) is 67.6 Å². The van der Waals surface area contributed by atoms with E-state index in [0.717, 1.165) is 12.8 Å². The summed E-state index contributed by atoms with van der Waals surface area (Å²) < 4.78 is 40.8. The van der Waals surface area contributed by atoms with E-state index in [0.29, 0.717) is 17.7 Å². The average molecular weight is 388 g/mol. The first kappa shape index (κ1) is 19.1. The standard InChI is InChI=1S/C20H21FN2O3S/c1-14-6-9-18(22-20(24)12-15-4-2-3-5-15)13-19(14)27(25,26)23-17-10-7-16(21)8-11-17/h2,4,6-11,13,15,23H,3,5,12H2,1H3,(H,22,24)/t15-/m1/s1. The van der Waals surface area contributed by atoms with Crippen LogP contribution in [0.1, 0.15) is 24.8 Å². The molecule has 0 saturated carbocycles. The van der Waals surface area contributed by atoms with Crippen molar-refractivity contribution in [2.75, 3.05) is 10.0 Å². The number of amides is 1. The molecule has 0 unspecified atom stereocenters. The highest BCUT2D eigenvalue weighted by Gasteiger charge is 2.19. The molecule has 0 fully saturated rings. The molecule has 5 nitrogen and oxygen atoms in total. The molecule has 2 aromatic carbocycles. The molecule has 27 heavy (non-hydrogen) atoms. The third kappa shape index (κ3) is 4.95. The van der Waals surface area contributed by atoms with Gasteiger partial charge in [0.1, 0.15) is 5.82 Å². The second kappa shape index (κ2) is 7.92. The van der Waals surface area contributed by atoms with E-state index in [1.165, 1.54) is 30.3 Å². The minimum atomic E-state index is -3.87. The van der Waals surface area contributed by atoms with Gasteiger partial charge in [0.05, 0.1) is 4.90 Å². The zero-order chi connectivity index (χ0) is 19.4. The Morgan fingerprint density at radius 1 is 1.15 bits per heavy atom. The quantitative estimate of drug-likeness (QED) is 0.727. The lowest BCUT2D eigenvalue weighted by molar-refractivity contribution is -0.116. The number of halogens is 1. The lowest BCUT2D eigenvalue weighted by Crippen LogP contribution is -2.17. The Morgan fingerprint density at radius 3 is 2.52 bits per heavy atom. The van der Waals surface area contributed by atoms with Gasteiger partial charge in [-0.2, -0.15) is 0 Å². The summed E-state index contributed by atoms with van der Waals surface area (Å²) >= 11 is 0. The number of rotatable bonds is 6. The smallest absolute Gasteiger partial charge is 0.262 e. The zero-order valence-electron chi connectivity index (χ0n) is 14.9. The first-order valence-electron chi connectivity index (χ1n) is 8.69. The van der Waals surface area contributed by atoms with Gasteiger partial charge in [-0.3, -0.25) is 9.52 Å². The topological polar surface area (TPSA) is 75.3 Å². The number of carbonyl (C=O) groups excluding carboxylic acids is 1. The highest BCUT2D eigenvalue weighted by atomic mass is 32.2. The molecule has 1 aliphatic rings. The Hall–Kier alpha value is -2.67. The van der Waals surface area contributed by atoms with Gasteiger partial charge in [-0.1, -0.05) is 18.2 Å². The van der Waals surface area contributed by atoms with Crippen molar-refractivity contribution in [1.29, 1.82) is 0 Å². The maximum atomic E-state index is 13.0. The summed E-state index contributed by atoms with van der Waals surface area (Å²) in [6, 6.07) is 9.81. The maximum Gasteiger partial charge on any atom is 0.262 e. The minimum Gasteiger partial charge on any atom is -0.326 e. The van der Waals surface area contributed by atoms with Crippen molar-refractivity contribution in [2.24, 2.45) is 5.92 Å². The largest absolute Gasteiger partial charge is 0.326 e. The van der Waals surface area contributed by atoms with Gasteiger partial charge in [0, 0.05) is 17.8 Å². The maximum absolute atomic E-state index is 13.0. The molecule has 142 valence electrons. The molecular formula is C20H21FN2O3S. The average Bonchev–Trinajstić information content (AvgIpc) is 3.11. The number of allylic oxidation sites excluding steroid dienone is 2. The van der Waals surface area contributed by atoms with Crippen LogP contribution in [0.4, 0.5) is 15.8 Å². The van der Waals surface area contributed by atoms with Crippen LogP contribution in [-0.2, 0) is 14.8 Å². The molecule has 1 amide bonds. The molecule has 2 aromatic rings. The molecule has 2 N–H and O–H groups in total. The second-order valence-electron chi connectivity index (χ2n) is 6.61. The third-order valence-electron chi connectivity index (χ3n) is 4.42. The van der Waals surface area contributed by atoms with Crippen molar-refractivity contribution in [2.45, 2.75) is 31.1 Å². The summed E-state index contributed by atoms with van der Waals surface area (Å²) in [5, 5.41) is 2.77. The highest BCUT2D eigenvalue weighted by Crippen LogP contribution is 2.25. The van der Waals surface area contributed by atoms with Crippen molar-refractivity contribution in [3.05, 3.63) is 66.0 Å². The zero-order valence-corrected chi connectivity index (χ0v) is 15.7. The van der Waals surface area contributed by atoms with Gasteiger partial charge in [-0.25, -0.2) is 12.8 Å².